The predicted molar refractivity (Wildman–Crippen MR) is 128 cm³/mol. The van der Waals surface area contributed by atoms with Crippen molar-refractivity contribution in [3.63, 3.8) is 0 Å². The van der Waals surface area contributed by atoms with Crippen molar-refractivity contribution in [1.82, 2.24) is 19.8 Å². The lowest BCUT2D eigenvalue weighted by molar-refractivity contribution is 0.309. The van der Waals surface area contributed by atoms with E-state index in [0.717, 1.165) is 23.1 Å². The molecule has 2 atom stereocenters. The molecule has 0 amide bonds. The minimum absolute atomic E-state index is 0.00643. The first-order chi connectivity index (χ1) is 14.9. The Balaban J connectivity index is 1.77. The molecule has 2 aromatic heterocycles. The van der Waals surface area contributed by atoms with Gasteiger partial charge in [0.05, 0.1) is 24.9 Å². The number of benzene rings is 1. The summed E-state index contributed by atoms with van der Waals surface area (Å²) in [7, 11) is 1.69. The number of pyridine rings is 1. The van der Waals surface area contributed by atoms with E-state index in [4.69, 9.17) is 17.0 Å². The molecule has 0 radical (unpaired) electrons. The zero-order valence-electron chi connectivity index (χ0n) is 18.8. The van der Waals surface area contributed by atoms with Crippen LogP contribution in [0.25, 0.3) is 0 Å². The van der Waals surface area contributed by atoms with Gasteiger partial charge >= 0.3 is 0 Å². The molecule has 1 aromatic carbocycles. The lowest BCUT2D eigenvalue weighted by Crippen LogP contribution is -2.29. The van der Waals surface area contributed by atoms with Gasteiger partial charge in [0.1, 0.15) is 5.75 Å². The van der Waals surface area contributed by atoms with E-state index >= 15 is 0 Å². The summed E-state index contributed by atoms with van der Waals surface area (Å²) in [4.78, 5) is 6.95. The number of aromatic nitrogens is 2. The summed E-state index contributed by atoms with van der Waals surface area (Å²) in [6.07, 6.45) is 1.85. The standard InChI is InChI=1S/C25H30N4OS/c1-16(2)29-17(3)14-21(18(29)4)24-23(22-8-6-7-13-26-22)27-25(31)28(24)15-19-9-11-20(30-5)12-10-19/h6-14,16,23-24H,15H2,1-5H3,(H,27,31)/t23-,24-/m0/s1. The second kappa shape index (κ2) is 8.71. The van der Waals surface area contributed by atoms with Crippen LogP contribution < -0.4 is 10.1 Å². The molecule has 1 aliphatic rings. The maximum Gasteiger partial charge on any atom is 0.170 e. The minimum atomic E-state index is -0.00643. The number of ether oxygens (including phenoxy) is 1. The Morgan fingerprint density at radius 1 is 1.13 bits per heavy atom. The van der Waals surface area contributed by atoms with Crippen LogP contribution in [0, 0.1) is 13.8 Å². The molecular formula is C25H30N4OS. The van der Waals surface area contributed by atoms with Crippen LogP contribution in [0.3, 0.4) is 0 Å². The van der Waals surface area contributed by atoms with Gasteiger partial charge in [-0.25, -0.2) is 0 Å². The fourth-order valence-corrected chi connectivity index (χ4v) is 5.04. The highest BCUT2D eigenvalue weighted by Crippen LogP contribution is 2.42. The minimum Gasteiger partial charge on any atom is -0.497 e. The summed E-state index contributed by atoms with van der Waals surface area (Å²) >= 11 is 5.83. The van der Waals surface area contributed by atoms with Gasteiger partial charge in [-0.3, -0.25) is 4.98 Å². The number of rotatable bonds is 6. The van der Waals surface area contributed by atoms with E-state index in [1.54, 1.807) is 7.11 Å². The van der Waals surface area contributed by atoms with E-state index in [1.807, 2.05) is 30.5 Å². The van der Waals surface area contributed by atoms with Crippen molar-refractivity contribution >= 4 is 17.3 Å². The number of methoxy groups -OCH3 is 1. The van der Waals surface area contributed by atoms with Gasteiger partial charge in [-0.2, -0.15) is 0 Å². The van der Waals surface area contributed by atoms with Gasteiger partial charge in [0, 0.05) is 30.2 Å². The molecule has 162 valence electrons. The quantitative estimate of drug-likeness (QED) is 0.536. The summed E-state index contributed by atoms with van der Waals surface area (Å²) in [5.74, 6) is 0.856. The number of thiocarbonyl (C=S) groups is 1. The largest absolute Gasteiger partial charge is 0.497 e. The van der Waals surface area contributed by atoms with E-state index < -0.39 is 0 Å². The van der Waals surface area contributed by atoms with Gasteiger partial charge < -0.3 is 19.5 Å². The van der Waals surface area contributed by atoms with Gasteiger partial charge in [0.25, 0.3) is 0 Å². The van der Waals surface area contributed by atoms with Crippen molar-refractivity contribution in [3.8, 4) is 5.75 Å². The second-order valence-electron chi connectivity index (χ2n) is 8.39. The molecule has 4 rings (SSSR count). The highest BCUT2D eigenvalue weighted by atomic mass is 32.1. The Bertz CT molecular complexity index is 1060. The molecule has 5 nitrogen and oxygen atoms in total. The monoisotopic (exact) mass is 434 g/mol. The van der Waals surface area contributed by atoms with Crippen molar-refractivity contribution in [2.75, 3.05) is 7.11 Å². The van der Waals surface area contributed by atoms with Gasteiger partial charge in [0.15, 0.2) is 5.11 Å². The number of nitrogens with one attached hydrogen (secondary N) is 1. The molecule has 0 saturated carbocycles. The molecule has 0 aliphatic carbocycles. The highest BCUT2D eigenvalue weighted by molar-refractivity contribution is 7.80. The first-order valence-corrected chi connectivity index (χ1v) is 11.1. The average molecular weight is 435 g/mol. The van der Waals surface area contributed by atoms with Gasteiger partial charge in [-0.15, -0.1) is 0 Å². The summed E-state index contributed by atoms with van der Waals surface area (Å²) in [5.41, 5.74) is 6.03. The molecule has 3 heterocycles. The van der Waals surface area contributed by atoms with Crippen molar-refractivity contribution in [1.29, 1.82) is 0 Å². The Labute approximate surface area is 190 Å². The number of aryl methyl sites for hydroxylation is 1. The van der Waals surface area contributed by atoms with Crippen LogP contribution in [0.5, 0.6) is 5.75 Å². The molecule has 1 fully saturated rings. The van der Waals surface area contributed by atoms with Crippen LogP contribution >= 0.6 is 12.2 Å². The molecule has 0 bridgehead atoms. The van der Waals surface area contributed by atoms with Crippen LogP contribution in [0.15, 0.2) is 54.7 Å². The number of hydrogen-bond acceptors (Lipinski definition) is 3. The van der Waals surface area contributed by atoms with Crippen molar-refractivity contribution < 1.29 is 4.74 Å². The molecule has 1 N–H and O–H groups in total. The van der Waals surface area contributed by atoms with E-state index in [0.29, 0.717) is 6.04 Å². The van der Waals surface area contributed by atoms with E-state index in [-0.39, 0.29) is 12.1 Å². The Morgan fingerprint density at radius 2 is 1.87 bits per heavy atom. The number of hydrogen-bond donors (Lipinski definition) is 1. The Morgan fingerprint density at radius 3 is 2.45 bits per heavy atom. The summed E-state index contributed by atoms with van der Waals surface area (Å²) in [5, 5.41) is 4.31. The van der Waals surface area contributed by atoms with E-state index in [2.05, 4.69) is 71.7 Å². The van der Waals surface area contributed by atoms with Crippen LogP contribution in [0.4, 0.5) is 0 Å². The van der Waals surface area contributed by atoms with Crippen LogP contribution in [0.1, 0.15) is 60.2 Å². The lowest BCUT2D eigenvalue weighted by atomic mass is 9.96. The normalized spacial score (nSPS) is 18.5. The summed E-state index contributed by atoms with van der Waals surface area (Å²) in [6.45, 7) is 9.57. The van der Waals surface area contributed by atoms with Crippen molar-refractivity contribution in [2.45, 2.75) is 52.4 Å². The molecule has 0 spiro atoms. The highest BCUT2D eigenvalue weighted by Gasteiger charge is 2.41. The fraction of sp³-hybridized carbons (Fsp3) is 0.360. The van der Waals surface area contributed by atoms with Crippen molar-refractivity contribution in [3.05, 3.63) is 82.9 Å². The maximum atomic E-state index is 5.83. The van der Waals surface area contributed by atoms with Gasteiger partial charge in [0.2, 0.25) is 0 Å². The molecule has 1 saturated heterocycles. The van der Waals surface area contributed by atoms with Crippen LogP contribution in [0.2, 0.25) is 0 Å². The fourth-order valence-electron chi connectivity index (χ4n) is 4.74. The average Bonchev–Trinajstić information content (AvgIpc) is 3.24. The summed E-state index contributed by atoms with van der Waals surface area (Å²) in [6, 6.07) is 17.0. The van der Waals surface area contributed by atoms with E-state index in [1.165, 1.54) is 22.5 Å². The molecule has 3 aromatic rings. The molecule has 31 heavy (non-hydrogen) atoms. The SMILES string of the molecule is COc1ccc(CN2C(=S)N[C@@H](c3ccccn3)[C@@H]2c2cc(C)n(C(C)C)c2C)cc1. The van der Waals surface area contributed by atoms with Crippen molar-refractivity contribution in [2.24, 2.45) is 0 Å². The number of nitrogens with zero attached hydrogens (tertiary/aromatic N) is 3. The first kappa shape index (κ1) is 21.4. The van der Waals surface area contributed by atoms with Crippen LogP contribution in [-0.4, -0.2) is 26.7 Å². The third-order valence-corrected chi connectivity index (χ3v) is 6.42. The predicted octanol–water partition coefficient (Wildman–Crippen LogP) is 5.26. The third-order valence-electron chi connectivity index (χ3n) is 6.07. The zero-order chi connectivity index (χ0) is 22.1. The topological polar surface area (TPSA) is 42.3 Å². The smallest absolute Gasteiger partial charge is 0.170 e. The van der Waals surface area contributed by atoms with Crippen LogP contribution in [-0.2, 0) is 6.54 Å². The Kier molecular flexibility index (Phi) is 6.01. The second-order valence-corrected chi connectivity index (χ2v) is 8.78. The van der Waals surface area contributed by atoms with Gasteiger partial charge in [-0.1, -0.05) is 18.2 Å². The lowest BCUT2D eigenvalue weighted by Gasteiger charge is -2.28. The summed E-state index contributed by atoms with van der Waals surface area (Å²) < 4.78 is 7.72. The third kappa shape index (κ3) is 4.04. The zero-order valence-corrected chi connectivity index (χ0v) is 19.6. The molecular weight excluding hydrogens is 404 g/mol. The van der Waals surface area contributed by atoms with Gasteiger partial charge in [-0.05, 0) is 81.4 Å². The maximum absolute atomic E-state index is 5.83. The molecule has 0 unspecified atom stereocenters. The Hall–Kier alpha value is -2.86. The molecule has 6 heteroatoms. The van der Waals surface area contributed by atoms with E-state index in [9.17, 15) is 0 Å². The first-order valence-electron chi connectivity index (χ1n) is 10.7. The molecule has 1 aliphatic heterocycles.